The highest BCUT2D eigenvalue weighted by Gasteiger charge is 2.22. The molecule has 1 fully saturated rings. The van der Waals surface area contributed by atoms with Crippen LogP contribution >= 0.6 is 24.8 Å². The molecule has 0 radical (unpaired) electrons. The third kappa shape index (κ3) is 8.27. The molecular formula is C13H29Cl2N3O2. The van der Waals surface area contributed by atoms with Gasteiger partial charge < -0.3 is 20.3 Å². The molecule has 2 atom stereocenters. The molecule has 1 saturated heterocycles. The molecule has 122 valence electrons. The molecule has 0 aromatic rings. The van der Waals surface area contributed by atoms with Gasteiger partial charge in [-0.25, -0.2) is 0 Å². The van der Waals surface area contributed by atoms with Crippen LogP contribution in [0.25, 0.3) is 0 Å². The van der Waals surface area contributed by atoms with Crippen molar-refractivity contribution in [3.8, 4) is 0 Å². The van der Waals surface area contributed by atoms with Gasteiger partial charge in [0.05, 0.1) is 13.2 Å². The van der Waals surface area contributed by atoms with Gasteiger partial charge in [-0.15, -0.1) is 24.8 Å². The number of nitrogens with one attached hydrogen (secondary N) is 2. The summed E-state index contributed by atoms with van der Waals surface area (Å²) in [6, 6.07) is 0.194. The number of carbonyl (C=O) groups is 1. The Balaban J connectivity index is 0. The zero-order valence-corrected chi connectivity index (χ0v) is 14.5. The highest BCUT2D eigenvalue weighted by atomic mass is 35.5. The lowest BCUT2D eigenvalue weighted by Crippen LogP contribution is -2.53. The molecule has 1 aliphatic heterocycles. The van der Waals surface area contributed by atoms with Crippen LogP contribution < -0.4 is 10.6 Å². The monoisotopic (exact) mass is 329 g/mol. The molecular weight excluding hydrogens is 301 g/mol. The maximum atomic E-state index is 11.9. The van der Waals surface area contributed by atoms with Gasteiger partial charge in [-0.3, -0.25) is 4.79 Å². The predicted molar refractivity (Wildman–Crippen MR) is 87.0 cm³/mol. The van der Waals surface area contributed by atoms with E-state index in [2.05, 4.69) is 43.5 Å². The van der Waals surface area contributed by atoms with Gasteiger partial charge in [-0.05, 0) is 26.4 Å². The summed E-state index contributed by atoms with van der Waals surface area (Å²) in [5.41, 5.74) is 0. The molecule has 0 aromatic carbocycles. The van der Waals surface area contributed by atoms with E-state index in [1.807, 2.05) is 0 Å². The van der Waals surface area contributed by atoms with E-state index in [4.69, 9.17) is 4.74 Å². The highest BCUT2D eigenvalue weighted by Crippen LogP contribution is 2.08. The van der Waals surface area contributed by atoms with Crippen molar-refractivity contribution in [2.45, 2.75) is 32.4 Å². The van der Waals surface area contributed by atoms with Gasteiger partial charge in [-0.2, -0.15) is 0 Å². The van der Waals surface area contributed by atoms with Crippen LogP contribution in [0.3, 0.4) is 0 Å². The van der Waals surface area contributed by atoms with Crippen LogP contribution in [-0.2, 0) is 9.53 Å². The second-order valence-electron chi connectivity index (χ2n) is 5.57. The van der Waals surface area contributed by atoms with Gasteiger partial charge in [-0.1, -0.05) is 13.8 Å². The summed E-state index contributed by atoms with van der Waals surface area (Å²) in [6.07, 6.45) is 1.09. The number of likely N-dealkylation sites (N-methyl/N-ethyl adjacent to an activating group) is 1. The number of halogens is 2. The fraction of sp³-hybridized carbons (Fsp3) is 0.923. The Morgan fingerprint density at radius 1 is 1.40 bits per heavy atom. The van der Waals surface area contributed by atoms with Crippen molar-refractivity contribution >= 4 is 30.7 Å². The number of amides is 1. The van der Waals surface area contributed by atoms with E-state index in [0.29, 0.717) is 31.7 Å². The van der Waals surface area contributed by atoms with Crippen molar-refractivity contribution in [1.82, 2.24) is 15.5 Å². The molecule has 0 aliphatic carbocycles. The number of hydrogen-bond acceptors (Lipinski definition) is 4. The minimum Gasteiger partial charge on any atom is -0.378 e. The number of ether oxygens (including phenoxy) is 1. The molecule has 1 amide bonds. The fourth-order valence-corrected chi connectivity index (χ4v) is 2.10. The molecule has 2 unspecified atom stereocenters. The predicted octanol–water partition coefficient (Wildman–Crippen LogP) is 0.911. The molecule has 1 heterocycles. The van der Waals surface area contributed by atoms with Crippen LogP contribution in [0.15, 0.2) is 0 Å². The molecule has 0 saturated carbocycles. The molecule has 1 aliphatic rings. The summed E-state index contributed by atoms with van der Waals surface area (Å²) in [6.45, 7) is 7.02. The highest BCUT2D eigenvalue weighted by molar-refractivity contribution is 5.85. The van der Waals surface area contributed by atoms with Crippen LogP contribution in [-0.4, -0.2) is 63.3 Å². The largest absolute Gasteiger partial charge is 0.378 e. The van der Waals surface area contributed by atoms with Gasteiger partial charge in [0.1, 0.15) is 6.04 Å². The fourth-order valence-electron chi connectivity index (χ4n) is 2.10. The lowest BCUT2D eigenvalue weighted by Gasteiger charge is -2.28. The Morgan fingerprint density at radius 2 is 2.05 bits per heavy atom. The third-order valence-electron chi connectivity index (χ3n) is 3.22. The number of nitrogens with zero attached hydrogens (tertiary/aromatic N) is 1. The summed E-state index contributed by atoms with van der Waals surface area (Å²) in [7, 11) is 4.11. The normalized spacial score (nSPS) is 20.0. The average Bonchev–Trinajstić information content (AvgIpc) is 2.34. The van der Waals surface area contributed by atoms with Crippen molar-refractivity contribution in [1.29, 1.82) is 0 Å². The van der Waals surface area contributed by atoms with E-state index in [9.17, 15) is 4.79 Å². The maximum absolute atomic E-state index is 11.9. The minimum absolute atomic E-state index is 0. The first-order valence-electron chi connectivity index (χ1n) is 6.76. The van der Waals surface area contributed by atoms with E-state index in [1.165, 1.54) is 0 Å². The lowest BCUT2D eigenvalue weighted by molar-refractivity contribution is -0.126. The van der Waals surface area contributed by atoms with Crippen molar-refractivity contribution in [2.24, 2.45) is 5.92 Å². The lowest BCUT2D eigenvalue weighted by atomic mass is 10.0. The summed E-state index contributed by atoms with van der Waals surface area (Å²) in [5.74, 6) is 0.677. The standard InChI is InChI=1S/C13H27N3O2.2ClH/c1-10(2)7-11(16(3)4)8-15-13(17)12-9-18-6-5-14-12;;/h10-12,14H,5-9H2,1-4H3,(H,15,17);2*1H. The Morgan fingerprint density at radius 3 is 2.50 bits per heavy atom. The second kappa shape index (κ2) is 11.6. The van der Waals surface area contributed by atoms with E-state index in [0.717, 1.165) is 13.0 Å². The summed E-state index contributed by atoms with van der Waals surface area (Å²) < 4.78 is 5.29. The summed E-state index contributed by atoms with van der Waals surface area (Å²) in [4.78, 5) is 14.1. The van der Waals surface area contributed by atoms with Crippen LogP contribution in [0.2, 0.25) is 0 Å². The zero-order valence-electron chi connectivity index (χ0n) is 12.8. The first-order valence-corrected chi connectivity index (χ1v) is 6.76. The van der Waals surface area contributed by atoms with Crippen LogP contribution in [0, 0.1) is 5.92 Å². The second-order valence-corrected chi connectivity index (χ2v) is 5.57. The van der Waals surface area contributed by atoms with Gasteiger partial charge in [0, 0.05) is 19.1 Å². The Kier molecular flexibility index (Phi) is 12.9. The van der Waals surface area contributed by atoms with Crippen molar-refractivity contribution in [3.05, 3.63) is 0 Å². The van der Waals surface area contributed by atoms with Crippen molar-refractivity contribution in [2.75, 3.05) is 40.4 Å². The number of hydrogen-bond donors (Lipinski definition) is 2. The summed E-state index contributed by atoms with van der Waals surface area (Å²) >= 11 is 0. The molecule has 1 rings (SSSR count). The van der Waals surface area contributed by atoms with E-state index in [1.54, 1.807) is 0 Å². The number of morpholine rings is 1. The van der Waals surface area contributed by atoms with Crippen LogP contribution in [0.1, 0.15) is 20.3 Å². The molecule has 2 N–H and O–H groups in total. The number of rotatable bonds is 6. The van der Waals surface area contributed by atoms with Gasteiger partial charge in [0.15, 0.2) is 0 Å². The van der Waals surface area contributed by atoms with Gasteiger partial charge in [0.25, 0.3) is 0 Å². The van der Waals surface area contributed by atoms with Crippen molar-refractivity contribution < 1.29 is 9.53 Å². The Labute approximate surface area is 135 Å². The first kappa shape index (κ1) is 22.2. The van der Waals surface area contributed by atoms with Gasteiger partial charge >= 0.3 is 0 Å². The Bertz CT molecular complexity index is 260. The number of carbonyl (C=O) groups excluding carboxylic acids is 1. The minimum atomic E-state index is -0.194. The average molecular weight is 330 g/mol. The molecule has 7 heteroatoms. The van der Waals surface area contributed by atoms with E-state index >= 15 is 0 Å². The van der Waals surface area contributed by atoms with Crippen LogP contribution in [0.5, 0.6) is 0 Å². The SMILES string of the molecule is CC(C)CC(CNC(=O)C1COCCN1)N(C)C.Cl.Cl. The third-order valence-corrected chi connectivity index (χ3v) is 3.22. The molecule has 0 bridgehead atoms. The van der Waals surface area contributed by atoms with E-state index < -0.39 is 0 Å². The van der Waals surface area contributed by atoms with Crippen LogP contribution in [0.4, 0.5) is 0 Å². The molecule has 5 nitrogen and oxygen atoms in total. The zero-order chi connectivity index (χ0) is 13.5. The first-order chi connectivity index (χ1) is 8.50. The summed E-state index contributed by atoms with van der Waals surface area (Å²) in [5, 5.41) is 6.18. The molecule has 0 spiro atoms. The quantitative estimate of drug-likeness (QED) is 0.760. The maximum Gasteiger partial charge on any atom is 0.239 e. The smallest absolute Gasteiger partial charge is 0.239 e. The topological polar surface area (TPSA) is 53.6 Å². The van der Waals surface area contributed by atoms with Gasteiger partial charge in [0.2, 0.25) is 5.91 Å². The van der Waals surface area contributed by atoms with Crippen molar-refractivity contribution in [3.63, 3.8) is 0 Å². The molecule has 20 heavy (non-hydrogen) atoms. The Hall–Kier alpha value is -0.0700. The van der Waals surface area contributed by atoms with E-state index in [-0.39, 0.29) is 36.8 Å². The molecule has 0 aromatic heterocycles.